The Labute approximate surface area is 125 Å². The van der Waals surface area contributed by atoms with Gasteiger partial charge in [-0.15, -0.1) is 0 Å². The van der Waals surface area contributed by atoms with Crippen LogP contribution in [0.2, 0.25) is 0 Å². The van der Waals surface area contributed by atoms with Crippen LogP contribution in [0.1, 0.15) is 17.5 Å². The zero-order chi connectivity index (χ0) is 15.2. The van der Waals surface area contributed by atoms with E-state index < -0.39 is 0 Å². The molecule has 0 aliphatic heterocycles. The van der Waals surface area contributed by atoms with Crippen molar-refractivity contribution in [3.8, 4) is 0 Å². The number of carbonyl (C=O) groups is 2. The van der Waals surface area contributed by atoms with Crippen LogP contribution in [0, 0.1) is 18.8 Å². The van der Waals surface area contributed by atoms with Gasteiger partial charge in [0.15, 0.2) is 0 Å². The average Bonchev–Trinajstić information content (AvgIpc) is 3.27. The van der Waals surface area contributed by atoms with Crippen molar-refractivity contribution in [3.05, 3.63) is 35.4 Å². The highest BCUT2D eigenvalue weighted by molar-refractivity contribution is 5.92. The third-order valence-electron chi connectivity index (χ3n) is 3.66. The first-order chi connectivity index (χ1) is 10.1. The summed E-state index contributed by atoms with van der Waals surface area (Å²) in [5.74, 6) is -0.456. The Balaban J connectivity index is 1.70. The van der Waals surface area contributed by atoms with Crippen LogP contribution in [0.5, 0.6) is 0 Å². The molecule has 2 atom stereocenters. The maximum Gasteiger partial charge on any atom is 0.224 e. The van der Waals surface area contributed by atoms with Gasteiger partial charge in [-0.2, -0.15) is 0 Å². The Hall–Kier alpha value is -1.88. The molecule has 114 valence electrons. The van der Waals surface area contributed by atoms with Gasteiger partial charge in [-0.05, 0) is 18.9 Å². The quantitative estimate of drug-likeness (QED) is 0.737. The van der Waals surface area contributed by atoms with Crippen LogP contribution < -0.4 is 10.6 Å². The van der Waals surface area contributed by atoms with E-state index >= 15 is 0 Å². The van der Waals surface area contributed by atoms with Crippen LogP contribution in [0.25, 0.3) is 0 Å². The molecule has 0 saturated heterocycles. The zero-order valence-electron chi connectivity index (χ0n) is 12.5. The topological polar surface area (TPSA) is 67.4 Å². The molecule has 1 fully saturated rings. The van der Waals surface area contributed by atoms with Gasteiger partial charge in [0.05, 0.1) is 18.4 Å². The van der Waals surface area contributed by atoms with Crippen molar-refractivity contribution < 1.29 is 14.3 Å². The number of aryl methyl sites for hydroxylation is 1. The number of methoxy groups -OCH3 is 1. The van der Waals surface area contributed by atoms with Crippen LogP contribution in [-0.2, 0) is 20.9 Å². The van der Waals surface area contributed by atoms with E-state index in [1.165, 1.54) is 5.56 Å². The van der Waals surface area contributed by atoms with Gasteiger partial charge in [-0.3, -0.25) is 9.59 Å². The van der Waals surface area contributed by atoms with E-state index in [1.54, 1.807) is 7.11 Å². The Morgan fingerprint density at radius 2 is 1.76 bits per heavy atom. The number of benzene rings is 1. The van der Waals surface area contributed by atoms with E-state index in [9.17, 15) is 9.59 Å². The second-order valence-electron chi connectivity index (χ2n) is 5.44. The van der Waals surface area contributed by atoms with Crippen molar-refractivity contribution >= 4 is 11.8 Å². The summed E-state index contributed by atoms with van der Waals surface area (Å²) in [6.45, 7) is 3.51. The molecule has 2 unspecified atom stereocenters. The van der Waals surface area contributed by atoms with E-state index in [1.807, 2.05) is 31.2 Å². The molecule has 2 N–H and O–H groups in total. The van der Waals surface area contributed by atoms with E-state index in [4.69, 9.17) is 4.74 Å². The minimum absolute atomic E-state index is 0.0394. The fraction of sp³-hybridized carbons (Fsp3) is 0.500. The summed E-state index contributed by atoms with van der Waals surface area (Å²) < 4.78 is 4.87. The Bertz CT molecular complexity index is 499. The first-order valence-corrected chi connectivity index (χ1v) is 7.21. The van der Waals surface area contributed by atoms with Crippen LogP contribution in [-0.4, -0.2) is 32.1 Å². The Morgan fingerprint density at radius 3 is 2.38 bits per heavy atom. The lowest BCUT2D eigenvalue weighted by atomic mass is 10.1. The first kappa shape index (κ1) is 15.5. The summed E-state index contributed by atoms with van der Waals surface area (Å²) in [4.78, 5) is 23.7. The lowest BCUT2D eigenvalue weighted by molar-refractivity contribution is -0.127. The summed E-state index contributed by atoms with van der Waals surface area (Å²) >= 11 is 0. The number of ether oxygens (including phenoxy) is 1. The molecule has 1 aromatic rings. The van der Waals surface area contributed by atoms with Gasteiger partial charge in [0.25, 0.3) is 0 Å². The minimum atomic E-state index is -0.182. The minimum Gasteiger partial charge on any atom is -0.383 e. The average molecular weight is 290 g/mol. The zero-order valence-corrected chi connectivity index (χ0v) is 12.5. The lowest BCUT2D eigenvalue weighted by Gasteiger charge is -2.06. The Morgan fingerprint density at radius 1 is 1.14 bits per heavy atom. The van der Waals surface area contributed by atoms with Crippen LogP contribution >= 0.6 is 0 Å². The second kappa shape index (κ2) is 7.22. The van der Waals surface area contributed by atoms with Gasteiger partial charge in [0, 0.05) is 20.2 Å². The highest BCUT2D eigenvalue weighted by atomic mass is 16.5. The predicted octanol–water partition coefficient (Wildman–Crippen LogP) is 1.01. The molecule has 0 spiro atoms. The van der Waals surface area contributed by atoms with E-state index in [0.29, 0.717) is 26.1 Å². The molecule has 1 aliphatic rings. The highest BCUT2D eigenvalue weighted by Crippen LogP contribution is 2.38. The molecule has 1 aromatic carbocycles. The number of hydrogen-bond donors (Lipinski definition) is 2. The third-order valence-corrected chi connectivity index (χ3v) is 3.66. The molecule has 0 bridgehead atoms. The molecule has 2 amide bonds. The fourth-order valence-corrected chi connectivity index (χ4v) is 2.21. The van der Waals surface area contributed by atoms with Gasteiger partial charge in [0.2, 0.25) is 11.8 Å². The summed E-state index contributed by atoms with van der Waals surface area (Å²) in [7, 11) is 1.59. The molecule has 1 aliphatic carbocycles. The molecule has 0 radical (unpaired) electrons. The maximum atomic E-state index is 12.0. The van der Waals surface area contributed by atoms with Crippen molar-refractivity contribution in [2.45, 2.75) is 19.9 Å². The second-order valence-corrected chi connectivity index (χ2v) is 5.44. The fourth-order valence-electron chi connectivity index (χ4n) is 2.21. The van der Waals surface area contributed by atoms with Gasteiger partial charge in [0.1, 0.15) is 0 Å². The molecular formula is C16H22N2O3. The summed E-state index contributed by atoms with van der Waals surface area (Å²) in [6.07, 6.45) is 0.637. The number of hydrogen-bond acceptors (Lipinski definition) is 3. The van der Waals surface area contributed by atoms with Crippen molar-refractivity contribution in [1.82, 2.24) is 10.6 Å². The van der Waals surface area contributed by atoms with Crippen LogP contribution in [0.15, 0.2) is 24.3 Å². The van der Waals surface area contributed by atoms with Crippen molar-refractivity contribution in [1.29, 1.82) is 0 Å². The van der Waals surface area contributed by atoms with Crippen molar-refractivity contribution in [3.63, 3.8) is 0 Å². The van der Waals surface area contributed by atoms with E-state index in [0.717, 1.165) is 5.56 Å². The monoisotopic (exact) mass is 290 g/mol. The predicted molar refractivity (Wildman–Crippen MR) is 79.5 cm³/mol. The molecule has 21 heavy (non-hydrogen) atoms. The smallest absolute Gasteiger partial charge is 0.224 e. The number of amides is 2. The highest BCUT2D eigenvalue weighted by Gasteiger charge is 2.47. The largest absolute Gasteiger partial charge is 0.383 e. The van der Waals surface area contributed by atoms with Crippen molar-refractivity contribution in [2.75, 3.05) is 20.3 Å². The molecule has 5 heteroatoms. The van der Waals surface area contributed by atoms with E-state index in [2.05, 4.69) is 10.6 Å². The van der Waals surface area contributed by atoms with Crippen molar-refractivity contribution in [2.24, 2.45) is 11.8 Å². The molecule has 1 saturated carbocycles. The standard InChI is InChI=1S/C16H22N2O3/c1-11-3-5-12(6-4-11)10-18-16(20)14-9-13(14)15(19)17-7-8-21-2/h3-6,13-14H,7-10H2,1-2H3,(H,17,19)(H,18,20). The summed E-state index contributed by atoms with van der Waals surface area (Å²) in [5, 5.41) is 5.66. The lowest BCUT2D eigenvalue weighted by Crippen LogP contribution is -2.31. The van der Waals surface area contributed by atoms with Gasteiger partial charge in [-0.1, -0.05) is 29.8 Å². The normalized spacial score (nSPS) is 19.9. The molecule has 0 aromatic heterocycles. The third kappa shape index (κ3) is 4.56. The summed E-state index contributed by atoms with van der Waals surface area (Å²) in [6, 6.07) is 8.03. The molecular weight excluding hydrogens is 268 g/mol. The molecule has 0 heterocycles. The number of carbonyl (C=O) groups excluding carboxylic acids is 2. The number of rotatable bonds is 7. The van der Waals surface area contributed by atoms with Crippen LogP contribution in [0.3, 0.4) is 0 Å². The van der Waals surface area contributed by atoms with Crippen LogP contribution in [0.4, 0.5) is 0 Å². The molecule has 5 nitrogen and oxygen atoms in total. The maximum absolute atomic E-state index is 12.0. The van der Waals surface area contributed by atoms with Gasteiger partial charge >= 0.3 is 0 Å². The van der Waals surface area contributed by atoms with Gasteiger partial charge in [-0.25, -0.2) is 0 Å². The summed E-state index contributed by atoms with van der Waals surface area (Å²) in [5.41, 5.74) is 2.26. The van der Waals surface area contributed by atoms with Gasteiger partial charge < -0.3 is 15.4 Å². The van der Waals surface area contributed by atoms with E-state index in [-0.39, 0.29) is 23.7 Å². The SMILES string of the molecule is COCCNC(=O)C1CC1C(=O)NCc1ccc(C)cc1. The number of nitrogens with one attached hydrogen (secondary N) is 2. The Kier molecular flexibility index (Phi) is 5.33. The first-order valence-electron chi connectivity index (χ1n) is 7.21. The molecule has 2 rings (SSSR count).